The molecule has 3 rings (SSSR count). The van der Waals surface area contributed by atoms with Gasteiger partial charge in [0.15, 0.2) is 0 Å². The Hall–Kier alpha value is -3.52. The van der Waals surface area contributed by atoms with E-state index in [0.29, 0.717) is 0 Å². The average molecular weight is 666 g/mol. The Bertz CT molecular complexity index is 1340. The van der Waals surface area contributed by atoms with Gasteiger partial charge < -0.3 is 30.0 Å². The fraction of sp³-hybridized carbons (Fsp3) is 0.312. The monoisotopic (exact) mass is 665 g/mol. The van der Waals surface area contributed by atoms with Gasteiger partial charge in [-0.3, -0.25) is 9.98 Å². The van der Waals surface area contributed by atoms with Gasteiger partial charge in [0.1, 0.15) is 11.5 Å². The molecule has 3 aromatic rings. The summed E-state index contributed by atoms with van der Waals surface area (Å²) in [6.07, 6.45) is 3.46. The molecule has 1 radical (unpaired) electrons. The first-order chi connectivity index (χ1) is 19.2. The first-order valence-electron chi connectivity index (χ1n) is 13.4. The minimum absolute atomic E-state index is 0. The summed E-state index contributed by atoms with van der Waals surface area (Å²) >= 11 is 0. The van der Waals surface area contributed by atoms with Crippen LogP contribution < -0.4 is 20.6 Å². The quantitative estimate of drug-likeness (QED) is 0.303. The Morgan fingerprint density at radius 3 is 1.14 bits per heavy atom. The normalized spacial score (nSPS) is 11.2. The number of carboxylic acid groups (broad SMARTS) is 2. The summed E-state index contributed by atoms with van der Waals surface area (Å²) in [4.78, 5) is 26.9. The maximum atomic E-state index is 10.5. The molecule has 2 N–H and O–H groups in total. The van der Waals surface area contributed by atoms with Crippen LogP contribution in [0.1, 0.15) is 36.1 Å². The summed E-state index contributed by atoms with van der Waals surface area (Å²) in [6.45, 7) is 19.6. The zero-order chi connectivity index (χ0) is 32.4. The van der Waals surface area contributed by atoms with Crippen LogP contribution in [-0.2, 0) is 26.4 Å². The number of aromatic hydroxyl groups is 2. The molecule has 3 aromatic carbocycles. The first-order valence-corrected chi connectivity index (χ1v) is 20.4. The number of aliphatic carboxylic acids is 2. The molecule has 0 saturated carbocycles. The largest absolute Gasteiger partial charge is 2.00 e. The molecule has 233 valence electrons. The topological polar surface area (TPSA) is 145 Å². The van der Waals surface area contributed by atoms with E-state index in [1.165, 1.54) is 10.4 Å². The van der Waals surface area contributed by atoms with Crippen LogP contribution in [0.3, 0.4) is 0 Å². The molecule has 0 spiro atoms. The molecule has 11 heteroatoms. The van der Waals surface area contributed by atoms with Crippen LogP contribution in [0.25, 0.3) is 0 Å². The Kier molecular flexibility index (Phi) is 15.6. The molecule has 8 nitrogen and oxygen atoms in total. The van der Waals surface area contributed by atoms with E-state index in [0.717, 1.165) is 47.5 Å². The van der Waals surface area contributed by atoms with Gasteiger partial charge in [0.05, 0.1) is 27.5 Å². The van der Waals surface area contributed by atoms with Crippen LogP contribution >= 0.6 is 0 Å². The second-order valence-electron chi connectivity index (χ2n) is 12.0. The van der Waals surface area contributed by atoms with E-state index in [2.05, 4.69) is 73.5 Å². The van der Waals surface area contributed by atoms with Gasteiger partial charge in [-0.25, -0.2) is 0 Å². The van der Waals surface area contributed by atoms with Gasteiger partial charge in [-0.1, -0.05) is 73.9 Å². The summed E-state index contributed by atoms with van der Waals surface area (Å²) in [5.41, 5.74) is 4.81. The van der Waals surface area contributed by atoms with Crippen LogP contribution in [0.15, 0.2) is 58.5 Å². The number of aryl methyl sites for hydroxylation is 2. The van der Waals surface area contributed by atoms with Crippen molar-refractivity contribution in [2.45, 2.75) is 67.0 Å². The number of hydrogen-bond acceptors (Lipinski definition) is 8. The van der Waals surface area contributed by atoms with Crippen molar-refractivity contribution in [3.05, 3.63) is 70.8 Å². The predicted molar refractivity (Wildman–Crippen MR) is 174 cm³/mol. The SMILES string of the molecule is CC(=O)[O-].CC(=O)[O-].Cc1cc([Si](C)(C)C)cc(C=Nc2ccc(N=Cc3cc([Si](C)(C)C)cc(C)c3O)cc2)c1O.[Co+2]. The van der Waals surface area contributed by atoms with E-state index in [9.17, 15) is 10.2 Å². The molecule has 0 aromatic heterocycles. The van der Waals surface area contributed by atoms with Crippen LogP contribution in [0.2, 0.25) is 39.3 Å². The molecule has 0 heterocycles. The van der Waals surface area contributed by atoms with Crippen molar-refractivity contribution in [2.24, 2.45) is 9.98 Å². The number of rotatable bonds is 6. The van der Waals surface area contributed by atoms with Crippen LogP contribution in [0, 0.1) is 13.8 Å². The summed E-state index contributed by atoms with van der Waals surface area (Å²) in [5, 5.41) is 41.3. The third-order valence-corrected chi connectivity index (χ3v) is 9.99. The van der Waals surface area contributed by atoms with Crippen molar-refractivity contribution in [1.82, 2.24) is 0 Å². The number of carboxylic acids is 2. The van der Waals surface area contributed by atoms with E-state index in [1.54, 1.807) is 12.4 Å². The zero-order valence-corrected chi connectivity index (χ0v) is 29.6. The van der Waals surface area contributed by atoms with E-state index in [1.807, 2.05) is 38.1 Å². The molecule has 0 aliphatic rings. The van der Waals surface area contributed by atoms with Crippen molar-refractivity contribution in [1.29, 1.82) is 0 Å². The number of hydrogen-bond donors (Lipinski definition) is 2. The van der Waals surface area contributed by atoms with Gasteiger partial charge in [0.25, 0.3) is 0 Å². The third kappa shape index (κ3) is 14.0. The molecule has 43 heavy (non-hydrogen) atoms. The fourth-order valence-corrected chi connectivity index (χ4v) is 6.07. The van der Waals surface area contributed by atoms with E-state index >= 15 is 0 Å². The van der Waals surface area contributed by atoms with Gasteiger partial charge in [0, 0.05) is 35.5 Å². The zero-order valence-electron chi connectivity index (χ0n) is 26.5. The molecule has 0 aliphatic heterocycles. The van der Waals surface area contributed by atoms with Gasteiger partial charge in [0.2, 0.25) is 0 Å². The molecule has 0 atom stereocenters. The van der Waals surface area contributed by atoms with Crippen molar-refractivity contribution in [3.63, 3.8) is 0 Å². The Morgan fingerprint density at radius 2 is 0.907 bits per heavy atom. The second-order valence-corrected chi connectivity index (χ2v) is 22.1. The molecular weight excluding hydrogens is 623 g/mol. The average Bonchev–Trinajstić information content (AvgIpc) is 2.84. The molecule has 0 aliphatic carbocycles. The number of benzene rings is 3. The van der Waals surface area contributed by atoms with Crippen molar-refractivity contribution >= 4 is 62.3 Å². The van der Waals surface area contributed by atoms with Crippen LogP contribution in [0.5, 0.6) is 11.5 Å². The maximum absolute atomic E-state index is 10.5. The predicted octanol–water partition coefficient (Wildman–Crippen LogP) is 3.82. The fourth-order valence-electron chi connectivity index (χ4n) is 3.59. The summed E-state index contributed by atoms with van der Waals surface area (Å²) in [7, 11) is -3.00. The van der Waals surface area contributed by atoms with E-state index < -0.39 is 28.1 Å². The van der Waals surface area contributed by atoms with Gasteiger partial charge in [-0.2, -0.15) is 0 Å². The third-order valence-electron chi connectivity index (χ3n) is 5.95. The Morgan fingerprint density at radius 1 is 0.651 bits per heavy atom. The second kappa shape index (κ2) is 16.9. The van der Waals surface area contributed by atoms with Crippen molar-refractivity contribution in [2.75, 3.05) is 0 Å². The molecule has 0 unspecified atom stereocenters. The van der Waals surface area contributed by atoms with E-state index in [4.69, 9.17) is 19.8 Å². The van der Waals surface area contributed by atoms with Gasteiger partial charge in [-0.05, 0) is 63.1 Å². The van der Waals surface area contributed by atoms with Gasteiger partial charge >= 0.3 is 16.8 Å². The number of aliphatic imine (C=N–C) groups is 2. The van der Waals surface area contributed by atoms with Gasteiger partial charge in [-0.15, -0.1) is 0 Å². The molecule has 0 saturated heterocycles. The minimum Gasteiger partial charge on any atom is -0.550 e. The van der Waals surface area contributed by atoms with Crippen molar-refractivity contribution < 1.29 is 46.8 Å². The Balaban J connectivity index is 0.00000174. The Labute approximate surface area is 267 Å². The van der Waals surface area contributed by atoms with Crippen LogP contribution in [-0.4, -0.2) is 50.7 Å². The standard InChI is InChI=1S/C28H36N2O2Si2.2C2H4O2.Co/c1-19-13-25(33(3,4)5)15-21(27(19)31)17-29-23-9-11-24(12-10-23)30-18-22-16-26(34(6,7)8)14-20(2)28(22)32;2*1-2(3)4;/h9-18,31-32H,1-8H3;2*1H3,(H,3,4);/q;;;+2/p-2. The molecule has 0 amide bonds. The number of phenolic OH excluding ortho intramolecular Hbond substituents is 2. The number of carbonyl (C=O) groups excluding carboxylic acids is 2. The molecule has 0 fully saturated rings. The molecule has 0 bridgehead atoms. The summed E-state index contributed by atoms with van der Waals surface area (Å²) in [5.74, 6) is -1.61. The van der Waals surface area contributed by atoms with E-state index in [-0.39, 0.29) is 28.3 Å². The van der Waals surface area contributed by atoms with Crippen molar-refractivity contribution in [3.8, 4) is 11.5 Å². The maximum Gasteiger partial charge on any atom is 2.00 e. The minimum atomic E-state index is -1.50. The summed E-state index contributed by atoms with van der Waals surface area (Å²) in [6, 6.07) is 15.9. The number of nitrogens with zero attached hydrogens (tertiary/aromatic N) is 2. The number of phenols is 2. The number of carbonyl (C=O) groups is 2. The molecular formula is C32H42CoN2O6Si2. The smallest absolute Gasteiger partial charge is 0.550 e. The first kappa shape index (κ1) is 39.5. The summed E-state index contributed by atoms with van der Waals surface area (Å²) < 4.78 is 0. The van der Waals surface area contributed by atoms with Crippen LogP contribution in [0.4, 0.5) is 11.4 Å².